The van der Waals surface area contributed by atoms with E-state index in [0.717, 1.165) is 24.8 Å². The van der Waals surface area contributed by atoms with Gasteiger partial charge in [0.15, 0.2) is 0 Å². The third-order valence-electron chi connectivity index (χ3n) is 3.19. The van der Waals surface area contributed by atoms with Crippen LogP contribution in [0.15, 0.2) is 18.2 Å². The molecule has 1 aromatic carbocycles. The third kappa shape index (κ3) is 7.00. The first kappa shape index (κ1) is 18.6. The number of carbonyl (C=O) groups excluding carboxylic acids is 2. The van der Waals surface area contributed by atoms with Crippen molar-refractivity contribution in [2.45, 2.75) is 38.6 Å². The summed E-state index contributed by atoms with van der Waals surface area (Å²) >= 11 is 12.0. The monoisotopic (exact) mass is 345 g/mol. The quantitative estimate of drug-likeness (QED) is 0.630. The summed E-state index contributed by atoms with van der Waals surface area (Å²) in [6.07, 6.45) is 2.85. The highest BCUT2D eigenvalue weighted by Crippen LogP contribution is 2.26. The van der Waals surface area contributed by atoms with Crippen LogP contribution in [0.4, 0.5) is 4.79 Å². The molecule has 0 aliphatic rings. The van der Waals surface area contributed by atoms with Crippen LogP contribution < -0.4 is 16.4 Å². The van der Waals surface area contributed by atoms with Gasteiger partial charge in [0.05, 0.1) is 6.04 Å². The largest absolute Gasteiger partial charge is 0.352 e. The zero-order valence-electron chi connectivity index (χ0n) is 12.5. The molecule has 0 aliphatic carbocycles. The van der Waals surface area contributed by atoms with Crippen molar-refractivity contribution in [1.82, 2.24) is 10.6 Å². The molecule has 0 bridgehead atoms. The maximum absolute atomic E-state index is 11.9. The van der Waals surface area contributed by atoms with Crippen LogP contribution >= 0.6 is 23.2 Å². The Kier molecular flexibility index (Phi) is 8.06. The predicted molar refractivity (Wildman–Crippen MR) is 89.1 cm³/mol. The Balaban J connectivity index is 2.28. The summed E-state index contributed by atoms with van der Waals surface area (Å²) in [5.41, 5.74) is 5.79. The molecule has 0 heterocycles. The number of nitrogens with one attached hydrogen (secondary N) is 2. The van der Waals surface area contributed by atoms with Crippen LogP contribution in [0.5, 0.6) is 0 Å². The Bertz CT molecular complexity index is 524. The van der Waals surface area contributed by atoms with Crippen molar-refractivity contribution < 1.29 is 9.59 Å². The first-order valence-electron chi connectivity index (χ1n) is 7.17. The van der Waals surface area contributed by atoms with E-state index < -0.39 is 6.03 Å². The molecule has 0 saturated heterocycles. The zero-order valence-corrected chi connectivity index (χ0v) is 14.0. The summed E-state index contributed by atoms with van der Waals surface area (Å²) in [6.45, 7) is 2.41. The van der Waals surface area contributed by atoms with Gasteiger partial charge in [-0.3, -0.25) is 4.79 Å². The van der Waals surface area contributed by atoms with Crippen molar-refractivity contribution >= 4 is 35.1 Å². The minimum Gasteiger partial charge on any atom is -0.352 e. The first-order valence-corrected chi connectivity index (χ1v) is 7.93. The molecule has 0 radical (unpaired) electrons. The number of benzene rings is 1. The summed E-state index contributed by atoms with van der Waals surface area (Å²) in [7, 11) is 0. The SMILES string of the molecule is C[C@@H](NC(=O)CCCCCNC(N)=O)c1ccc(Cl)cc1Cl. The molecule has 0 aliphatic heterocycles. The van der Waals surface area contributed by atoms with Crippen LogP contribution in [0.1, 0.15) is 44.2 Å². The molecule has 22 heavy (non-hydrogen) atoms. The molecule has 4 N–H and O–H groups in total. The van der Waals surface area contributed by atoms with E-state index in [-0.39, 0.29) is 11.9 Å². The number of rotatable bonds is 8. The topological polar surface area (TPSA) is 84.2 Å². The van der Waals surface area contributed by atoms with Crippen LogP contribution in [0, 0.1) is 0 Å². The predicted octanol–water partition coefficient (Wildman–Crippen LogP) is 3.40. The van der Waals surface area contributed by atoms with Gasteiger partial charge in [-0.05, 0) is 37.5 Å². The van der Waals surface area contributed by atoms with E-state index in [9.17, 15) is 9.59 Å². The summed E-state index contributed by atoms with van der Waals surface area (Å²) in [6, 6.07) is 4.52. The van der Waals surface area contributed by atoms with Crippen LogP contribution in [0.2, 0.25) is 10.0 Å². The lowest BCUT2D eigenvalue weighted by atomic mass is 10.1. The molecule has 0 spiro atoms. The molecule has 0 fully saturated rings. The van der Waals surface area contributed by atoms with Gasteiger partial charge >= 0.3 is 6.03 Å². The van der Waals surface area contributed by atoms with Crippen molar-refractivity contribution in [3.8, 4) is 0 Å². The average Bonchev–Trinajstić information content (AvgIpc) is 2.42. The molecule has 5 nitrogen and oxygen atoms in total. The van der Waals surface area contributed by atoms with Crippen molar-refractivity contribution in [3.05, 3.63) is 33.8 Å². The third-order valence-corrected chi connectivity index (χ3v) is 3.75. The van der Waals surface area contributed by atoms with Gasteiger partial charge < -0.3 is 16.4 Å². The number of halogens is 2. The molecule has 0 aromatic heterocycles. The van der Waals surface area contributed by atoms with Crippen molar-refractivity contribution in [3.63, 3.8) is 0 Å². The number of hydrogen-bond acceptors (Lipinski definition) is 2. The lowest BCUT2D eigenvalue weighted by molar-refractivity contribution is -0.121. The zero-order chi connectivity index (χ0) is 16.5. The van der Waals surface area contributed by atoms with Crippen LogP contribution in [0.3, 0.4) is 0 Å². The van der Waals surface area contributed by atoms with E-state index in [1.165, 1.54) is 0 Å². The number of nitrogens with two attached hydrogens (primary N) is 1. The standard InChI is InChI=1S/C15H21Cl2N3O2/c1-10(12-7-6-11(16)9-13(12)17)20-14(21)5-3-2-4-8-19-15(18)22/h6-7,9-10H,2-5,8H2,1H3,(H,20,21)(H3,18,19,22)/t10-/m1/s1. The van der Waals surface area contributed by atoms with E-state index in [1.54, 1.807) is 12.1 Å². The lowest BCUT2D eigenvalue weighted by Gasteiger charge is -2.16. The van der Waals surface area contributed by atoms with E-state index in [2.05, 4.69) is 10.6 Å². The van der Waals surface area contributed by atoms with Gasteiger partial charge in [-0.1, -0.05) is 35.7 Å². The van der Waals surface area contributed by atoms with E-state index in [1.807, 2.05) is 13.0 Å². The van der Waals surface area contributed by atoms with Gasteiger partial charge in [-0.25, -0.2) is 4.79 Å². The highest BCUT2D eigenvalue weighted by Gasteiger charge is 2.12. The van der Waals surface area contributed by atoms with Crippen LogP contribution in [-0.4, -0.2) is 18.5 Å². The minimum absolute atomic E-state index is 0.0265. The molecule has 122 valence electrons. The maximum Gasteiger partial charge on any atom is 0.312 e. The van der Waals surface area contributed by atoms with Crippen LogP contribution in [-0.2, 0) is 4.79 Å². The van der Waals surface area contributed by atoms with Gasteiger partial charge in [-0.2, -0.15) is 0 Å². The second-order valence-corrected chi connectivity index (χ2v) is 5.90. The molecular formula is C15H21Cl2N3O2. The Morgan fingerprint density at radius 3 is 2.59 bits per heavy atom. The van der Waals surface area contributed by atoms with Crippen molar-refractivity contribution in [1.29, 1.82) is 0 Å². The molecule has 0 saturated carbocycles. The summed E-state index contributed by atoms with van der Waals surface area (Å²) in [4.78, 5) is 22.3. The normalized spacial score (nSPS) is 11.8. The fourth-order valence-corrected chi connectivity index (χ4v) is 2.62. The molecule has 1 atom stereocenters. The lowest BCUT2D eigenvalue weighted by Crippen LogP contribution is -2.30. The second-order valence-electron chi connectivity index (χ2n) is 5.06. The number of urea groups is 1. The van der Waals surface area contributed by atoms with E-state index in [0.29, 0.717) is 23.0 Å². The van der Waals surface area contributed by atoms with Gasteiger partial charge in [0.2, 0.25) is 5.91 Å². The number of carbonyl (C=O) groups is 2. The smallest absolute Gasteiger partial charge is 0.312 e. The number of hydrogen-bond donors (Lipinski definition) is 3. The molecule has 7 heteroatoms. The van der Waals surface area contributed by atoms with Gasteiger partial charge in [-0.15, -0.1) is 0 Å². The highest BCUT2D eigenvalue weighted by atomic mass is 35.5. The first-order chi connectivity index (χ1) is 10.4. The van der Waals surface area contributed by atoms with Gasteiger partial charge in [0.25, 0.3) is 0 Å². The molecule has 3 amide bonds. The number of primary amides is 1. The molecule has 1 rings (SSSR count). The average molecular weight is 346 g/mol. The molecule has 0 unspecified atom stereocenters. The van der Waals surface area contributed by atoms with Crippen LogP contribution in [0.25, 0.3) is 0 Å². The Morgan fingerprint density at radius 1 is 1.23 bits per heavy atom. The fourth-order valence-electron chi connectivity index (χ4n) is 2.04. The van der Waals surface area contributed by atoms with Gasteiger partial charge in [0, 0.05) is 23.0 Å². The van der Waals surface area contributed by atoms with E-state index in [4.69, 9.17) is 28.9 Å². The Hall–Kier alpha value is -1.46. The minimum atomic E-state index is -0.522. The van der Waals surface area contributed by atoms with E-state index >= 15 is 0 Å². The van der Waals surface area contributed by atoms with Gasteiger partial charge in [0.1, 0.15) is 0 Å². The van der Waals surface area contributed by atoms with Crippen molar-refractivity contribution in [2.24, 2.45) is 5.73 Å². The summed E-state index contributed by atoms with van der Waals surface area (Å²) < 4.78 is 0. The maximum atomic E-state index is 11.9. The number of unbranched alkanes of at least 4 members (excludes halogenated alkanes) is 2. The number of amides is 3. The van der Waals surface area contributed by atoms with Crippen molar-refractivity contribution in [2.75, 3.05) is 6.54 Å². The molecule has 1 aromatic rings. The Morgan fingerprint density at radius 2 is 1.95 bits per heavy atom. The Labute approximate surface area is 140 Å². The fraction of sp³-hybridized carbons (Fsp3) is 0.467. The summed E-state index contributed by atoms with van der Waals surface area (Å²) in [5, 5.41) is 6.53. The molecular weight excluding hydrogens is 325 g/mol. The summed E-state index contributed by atoms with van der Waals surface area (Å²) in [5.74, 6) is -0.0265. The highest BCUT2D eigenvalue weighted by molar-refractivity contribution is 6.35. The second kappa shape index (κ2) is 9.54.